The van der Waals surface area contributed by atoms with Gasteiger partial charge in [0, 0.05) is 23.1 Å². The van der Waals surface area contributed by atoms with Gasteiger partial charge >= 0.3 is 0 Å². The topological polar surface area (TPSA) is 49.4 Å². The van der Waals surface area contributed by atoms with E-state index in [4.69, 9.17) is 23.2 Å². The lowest BCUT2D eigenvalue weighted by Gasteiger charge is -2.19. The van der Waals surface area contributed by atoms with Crippen molar-refractivity contribution in [3.05, 3.63) is 56.5 Å². The Balaban J connectivity index is 1.76. The van der Waals surface area contributed by atoms with Crippen LogP contribution in [-0.2, 0) is 16.0 Å². The number of hydrogen-bond acceptors (Lipinski definition) is 2. The third kappa shape index (κ3) is 3.90. The molecular weight excluding hydrogens is 439 g/mol. The summed E-state index contributed by atoms with van der Waals surface area (Å²) in [6, 6.07) is 10.9. The smallest absolute Gasteiger partial charge is 0.229 e. The minimum atomic E-state index is -0.439. The highest BCUT2D eigenvalue weighted by Gasteiger charge is 2.36. The Morgan fingerprint density at radius 1 is 1.31 bits per heavy atom. The van der Waals surface area contributed by atoms with Crippen LogP contribution in [0.1, 0.15) is 18.9 Å². The van der Waals surface area contributed by atoms with E-state index in [1.54, 1.807) is 18.2 Å². The number of halogens is 3. The molecule has 1 heterocycles. The summed E-state index contributed by atoms with van der Waals surface area (Å²) in [6.45, 7) is 2.31. The Kier molecular flexibility index (Phi) is 5.90. The molecule has 26 heavy (non-hydrogen) atoms. The van der Waals surface area contributed by atoms with Crippen molar-refractivity contribution in [2.75, 3.05) is 16.8 Å². The van der Waals surface area contributed by atoms with E-state index >= 15 is 0 Å². The van der Waals surface area contributed by atoms with Gasteiger partial charge in [0.15, 0.2) is 0 Å². The summed E-state index contributed by atoms with van der Waals surface area (Å²) in [4.78, 5) is 26.6. The molecule has 4 nitrogen and oxygen atoms in total. The maximum atomic E-state index is 12.7. The molecule has 2 aromatic rings. The lowest BCUT2D eigenvalue weighted by atomic mass is 10.1. The molecule has 2 amide bonds. The molecule has 1 fully saturated rings. The average molecular weight is 456 g/mol. The first-order chi connectivity index (χ1) is 12.4. The zero-order valence-electron chi connectivity index (χ0n) is 14.1. The van der Waals surface area contributed by atoms with Crippen LogP contribution in [-0.4, -0.2) is 18.4 Å². The van der Waals surface area contributed by atoms with E-state index in [1.807, 2.05) is 25.1 Å². The number of nitrogens with zero attached hydrogens (tertiary/aromatic N) is 1. The van der Waals surface area contributed by atoms with E-state index in [0.29, 0.717) is 15.7 Å². The fourth-order valence-corrected chi connectivity index (χ4v) is 3.83. The summed E-state index contributed by atoms with van der Waals surface area (Å²) in [5, 5.41) is 3.66. The summed E-state index contributed by atoms with van der Waals surface area (Å²) in [6.07, 6.45) is 0.940. The number of hydrogen-bond donors (Lipinski definition) is 1. The van der Waals surface area contributed by atoms with Crippen molar-refractivity contribution in [3.8, 4) is 0 Å². The van der Waals surface area contributed by atoms with Gasteiger partial charge in [-0.3, -0.25) is 9.59 Å². The molecule has 3 rings (SSSR count). The van der Waals surface area contributed by atoms with Crippen molar-refractivity contribution in [1.82, 2.24) is 0 Å². The van der Waals surface area contributed by atoms with Gasteiger partial charge in [-0.15, -0.1) is 0 Å². The largest absolute Gasteiger partial charge is 0.326 e. The first kappa shape index (κ1) is 19.2. The molecule has 136 valence electrons. The Morgan fingerprint density at radius 3 is 2.81 bits per heavy atom. The van der Waals surface area contributed by atoms with Gasteiger partial charge < -0.3 is 10.2 Å². The summed E-state index contributed by atoms with van der Waals surface area (Å²) >= 11 is 15.7. The standard InChI is InChI=1S/C19H17BrCl2N2O2/c1-2-11-8-13(20)6-7-15(11)23-19(26)12-9-17(25)24(10-12)16-5-3-4-14(21)18(16)22/h3-8,12H,2,9-10H2,1H3,(H,23,26)/t12-/m1/s1. The van der Waals surface area contributed by atoms with Crippen molar-refractivity contribution in [2.45, 2.75) is 19.8 Å². The molecule has 2 aromatic carbocycles. The highest BCUT2D eigenvalue weighted by atomic mass is 79.9. The van der Waals surface area contributed by atoms with Crippen LogP contribution in [0.25, 0.3) is 0 Å². The molecule has 7 heteroatoms. The van der Waals surface area contributed by atoms with E-state index in [0.717, 1.165) is 22.1 Å². The van der Waals surface area contributed by atoms with Crippen molar-refractivity contribution in [3.63, 3.8) is 0 Å². The summed E-state index contributed by atoms with van der Waals surface area (Å²) in [5.41, 5.74) is 2.34. The Hall–Kier alpha value is -1.56. The molecule has 0 radical (unpaired) electrons. The summed E-state index contributed by atoms with van der Waals surface area (Å²) < 4.78 is 0.963. The first-order valence-electron chi connectivity index (χ1n) is 8.24. The number of anilines is 2. The molecule has 0 aromatic heterocycles. The van der Waals surface area contributed by atoms with Crippen LogP contribution in [0.2, 0.25) is 10.0 Å². The van der Waals surface area contributed by atoms with Crippen LogP contribution >= 0.6 is 39.1 Å². The molecule has 1 aliphatic rings. The number of carbonyl (C=O) groups is 2. The first-order valence-corrected chi connectivity index (χ1v) is 9.79. The molecule has 0 saturated carbocycles. The van der Waals surface area contributed by atoms with Crippen LogP contribution in [0.4, 0.5) is 11.4 Å². The highest BCUT2D eigenvalue weighted by Crippen LogP contribution is 2.36. The molecule has 0 aliphatic carbocycles. The van der Waals surface area contributed by atoms with Gasteiger partial charge in [-0.2, -0.15) is 0 Å². The predicted octanol–water partition coefficient (Wildman–Crippen LogP) is 5.31. The fraction of sp³-hybridized carbons (Fsp3) is 0.263. The van der Waals surface area contributed by atoms with Gasteiger partial charge in [0.25, 0.3) is 0 Å². The van der Waals surface area contributed by atoms with Crippen molar-refractivity contribution in [2.24, 2.45) is 5.92 Å². The lowest BCUT2D eigenvalue weighted by Crippen LogP contribution is -2.28. The Labute approximate surface area is 170 Å². The third-order valence-electron chi connectivity index (χ3n) is 4.42. The number of aryl methyl sites for hydroxylation is 1. The maximum absolute atomic E-state index is 12.7. The average Bonchev–Trinajstić information content (AvgIpc) is 3.00. The second-order valence-corrected chi connectivity index (χ2v) is 7.82. The number of benzene rings is 2. The van der Waals surface area contributed by atoms with Gasteiger partial charge in [0.05, 0.1) is 21.7 Å². The second kappa shape index (κ2) is 7.99. The number of rotatable bonds is 4. The van der Waals surface area contributed by atoms with E-state index in [-0.39, 0.29) is 24.8 Å². The maximum Gasteiger partial charge on any atom is 0.229 e. The van der Waals surface area contributed by atoms with E-state index in [9.17, 15) is 9.59 Å². The number of amides is 2. The van der Waals surface area contributed by atoms with Crippen LogP contribution in [0.5, 0.6) is 0 Å². The quantitative estimate of drug-likeness (QED) is 0.678. The molecule has 1 atom stereocenters. The van der Waals surface area contributed by atoms with Crippen LogP contribution in [0.3, 0.4) is 0 Å². The minimum Gasteiger partial charge on any atom is -0.326 e. The Morgan fingerprint density at radius 2 is 2.08 bits per heavy atom. The van der Waals surface area contributed by atoms with Gasteiger partial charge in [-0.1, -0.05) is 52.1 Å². The van der Waals surface area contributed by atoms with Gasteiger partial charge in [0.1, 0.15) is 0 Å². The summed E-state index contributed by atoms with van der Waals surface area (Å²) in [5.74, 6) is -0.747. The highest BCUT2D eigenvalue weighted by molar-refractivity contribution is 9.10. The van der Waals surface area contributed by atoms with Gasteiger partial charge in [-0.25, -0.2) is 0 Å². The minimum absolute atomic E-state index is 0.138. The van der Waals surface area contributed by atoms with Crippen LogP contribution < -0.4 is 10.2 Å². The van der Waals surface area contributed by atoms with E-state index < -0.39 is 5.92 Å². The second-order valence-electron chi connectivity index (χ2n) is 6.12. The van der Waals surface area contributed by atoms with Crippen molar-refractivity contribution < 1.29 is 9.59 Å². The van der Waals surface area contributed by atoms with Crippen molar-refractivity contribution in [1.29, 1.82) is 0 Å². The summed E-state index contributed by atoms with van der Waals surface area (Å²) in [7, 11) is 0. The molecular formula is C19H17BrCl2N2O2. The van der Waals surface area contributed by atoms with Crippen LogP contribution in [0, 0.1) is 5.92 Å². The zero-order valence-corrected chi connectivity index (χ0v) is 17.2. The van der Waals surface area contributed by atoms with Gasteiger partial charge in [-0.05, 0) is 42.3 Å². The fourth-order valence-electron chi connectivity index (χ4n) is 3.03. The van der Waals surface area contributed by atoms with Gasteiger partial charge in [0.2, 0.25) is 11.8 Å². The molecule has 1 N–H and O–H groups in total. The van der Waals surface area contributed by atoms with Crippen LogP contribution in [0.15, 0.2) is 40.9 Å². The lowest BCUT2D eigenvalue weighted by molar-refractivity contribution is -0.122. The van der Waals surface area contributed by atoms with Crippen molar-refractivity contribution >= 4 is 62.3 Å². The molecule has 1 saturated heterocycles. The monoisotopic (exact) mass is 454 g/mol. The third-order valence-corrected chi connectivity index (χ3v) is 5.73. The molecule has 0 spiro atoms. The number of carbonyl (C=O) groups excluding carboxylic acids is 2. The normalized spacial score (nSPS) is 16.8. The Bertz CT molecular complexity index is 873. The van der Waals surface area contributed by atoms with E-state index in [1.165, 1.54) is 4.90 Å². The molecule has 0 unspecified atom stereocenters. The molecule has 1 aliphatic heterocycles. The molecule has 0 bridgehead atoms. The van der Waals surface area contributed by atoms with E-state index in [2.05, 4.69) is 21.2 Å². The number of nitrogens with one attached hydrogen (secondary N) is 1. The SMILES string of the molecule is CCc1cc(Br)ccc1NC(=O)[C@@H]1CC(=O)N(c2cccc(Cl)c2Cl)C1. The zero-order chi connectivity index (χ0) is 18.8. The predicted molar refractivity (Wildman–Crippen MR) is 109 cm³/mol.